The topological polar surface area (TPSA) is 84.9 Å². The van der Waals surface area contributed by atoms with E-state index >= 15 is 0 Å². The SMILES string of the molecule is COC(=O)C(O)[C@H](CC1CC1)NC(=O)OC(C)(C)C. The first-order chi connectivity index (χ1) is 8.73. The number of aliphatic hydroxyl groups excluding tert-OH is 1. The molecule has 2 atom stereocenters. The zero-order valence-corrected chi connectivity index (χ0v) is 11.9. The molecule has 0 aliphatic heterocycles. The van der Waals surface area contributed by atoms with Crippen LogP contribution in [-0.2, 0) is 14.3 Å². The standard InChI is InChI=1S/C13H23NO5/c1-13(2,3)19-12(17)14-9(7-8-5-6-8)10(15)11(16)18-4/h8-10,15H,5-7H2,1-4H3,(H,14,17)/t9-,10?/m0/s1. The fourth-order valence-electron chi connectivity index (χ4n) is 1.72. The lowest BCUT2D eigenvalue weighted by atomic mass is 10.0. The number of rotatable bonds is 5. The number of methoxy groups -OCH3 is 1. The number of carbonyl (C=O) groups is 2. The molecule has 0 aromatic heterocycles. The molecule has 6 nitrogen and oxygen atoms in total. The van der Waals surface area contributed by atoms with Crippen molar-refractivity contribution in [2.75, 3.05) is 7.11 Å². The van der Waals surface area contributed by atoms with Gasteiger partial charge < -0.3 is 19.9 Å². The number of ether oxygens (including phenoxy) is 2. The lowest BCUT2D eigenvalue weighted by molar-refractivity contribution is -0.152. The lowest BCUT2D eigenvalue weighted by Gasteiger charge is -2.25. The molecule has 1 amide bonds. The van der Waals surface area contributed by atoms with Crippen LogP contribution in [0.25, 0.3) is 0 Å². The summed E-state index contributed by atoms with van der Waals surface area (Å²) in [6, 6.07) is -0.671. The van der Waals surface area contributed by atoms with E-state index in [0.717, 1.165) is 12.8 Å². The molecule has 0 heterocycles. The van der Waals surface area contributed by atoms with Crippen molar-refractivity contribution in [1.82, 2.24) is 5.32 Å². The van der Waals surface area contributed by atoms with Gasteiger partial charge in [-0.05, 0) is 33.1 Å². The maximum Gasteiger partial charge on any atom is 0.407 e. The molecule has 1 unspecified atom stereocenters. The van der Waals surface area contributed by atoms with Crippen molar-refractivity contribution >= 4 is 12.1 Å². The third-order valence-corrected chi connectivity index (χ3v) is 2.81. The van der Waals surface area contributed by atoms with Crippen LogP contribution in [0.15, 0.2) is 0 Å². The maximum atomic E-state index is 11.7. The second-order valence-electron chi connectivity index (χ2n) is 5.90. The van der Waals surface area contributed by atoms with E-state index in [1.54, 1.807) is 20.8 Å². The van der Waals surface area contributed by atoms with E-state index in [-0.39, 0.29) is 0 Å². The van der Waals surface area contributed by atoms with E-state index in [9.17, 15) is 14.7 Å². The summed E-state index contributed by atoms with van der Waals surface area (Å²) in [6.45, 7) is 5.25. The summed E-state index contributed by atoms with van der Waals surface area (Å²) in [4.78, 5) is 23.0. The predicted molar refractivity (Wildman–Crippen MR) is 68.5 cm³/mol. The van der Waals surface area contributed by atoms with E-state index in [1.807, 2.05) is 0 Å². The van der Waals surface area contributed by atoms with Gasteiger partial charge in [0.25, 0.3) is 0 Å². The molecule has 0 aromatic carbocycles. The highest BCUT2D eigenvalue weighted by molar-refractivity contribution is 5.76. The molecule has 1 fully saturated rings. The fourth-order valence-corrected chi connectivity index (χ4v) is 1.72. The molecule has 2 N–H and O–H groups in total. The summed E-state index contributed by atoms with van der Waals surface area (Å²) in [5.41, 5.74) is -0.621. The van der Waals surface area contributed by atoms with Crippen LogP contribution in [0, 0.1) is 5.92 Å². The minimum absolute atomic E-state index is 0.444. The molecule has 1 rings (SSSR count). The van der Waals surface area contributed by atoms with Crippen molar-refractivity contribution in [3.63, 3.8) is 0 Å². The van der Waals surface area contributed by atoms with Gasteiger partial charge in [-0.1, -0.05) is 12.8 Å². The van der Waals surface area contributed by atoms with Crippen molar-refractivity contribution in [3.05, 3.63) is 0 Å². The minimum Gasteiger partial charge on any atom is -0.467 e. The van der Waals surface area contributed by atoms with Crippen LogP contribution in [0.2, 0.25) is 0 Å². The molecular weight excluding hydrogens is 250 g/mol. The Morgan fingerprint density at radius 2 is 1.95 bits per heavy atom. The molecule has 1 saturated carbocycles. The van der Waals surface area contributed by atoms with Crippen LogP contribution < -0.4 is 5.32 Å². The number of nitrogens with one attached hydrogen (secondary N) is 1. The quantitative estimate of drug-likeness (QED) is 0.736. The van der Waals surface area contributed by atoms with Gasteiger partial charge in [0.1, 0.15) is 5.60 Å². The molecular formula is C13H23NO5. The van der Waals surface area contributed by atoms with Gasteiger partial charge in [0.2, 0.25) is 0 Å². The first kappa shape index (κ1) is 15.8. The van der Waals surface area contributed by atoms with Gasteiger partial charge in [0.15, 0.2) is 6.10 Å². The molecule has 6 heteroatoms. The normalized spacial score (nSPS) is 18.4. The van der Waals surface area contributed by atoms with Crippen molar-refractivity contribution in [2.24, 2.45) is 5.92 Å². The molecule has 110 valence electrons. The molecule has 0 bridgehead atoms. The molecule has 0 radical (unpaired) electrons. The number of hydrogen-bond acceptors (Lipinski definition) is 5. The monoisotopic (exact) mass is 273 g/mol. The Labute approximate surface area is 113 Å². The van der Waals surface area contributed by atoms with E-state index in [1.165, 1.54) is 7.11 Å². The van der Waals surface area contributed by atoms with Gasteiger partial charge in [-0.15, -0.1) is 0 Å². The number of hydrogen-bond donors (Lipinski definition) is 2. The number of amides is 1. The highest BCUT2D eigenvalue weighted by Gasteiger charge is 2.35. The van der Waals surface area contributed by atoms with Crippen molar-refractivity contribution in [3.8, 4) is 0 Å². The molecule has 1 aliphatic rings. The number of esters is 1. The maximum absolute atomic E-state index is 11.7. The van der Waals surface area contributed by atoms with E-state index in [2.05, 4.69) is 10.1 Å². The van der Waals surface area contributed by atoms with Gasteiger partial charge in [-0.2, -0.15) is 0 Å². The smallest absolute Gasteiger partial charge is 0.407 e. The number of alkyl carbamates (subject to hydrolysis) is 1. The molecule has 0 saturated heterocycles. The molecule has 1 aliphatic carbocycles. The van der Waals surface area contributed by atoms with E-state index in [0.29, 0.717) is 12.3 Å². The van der Waals surface area contributed by atoms with Crippen LogP contribution in [-0.4, -0.2) is 42.0 Å². The zero-order chi connectivity index (χ0) is 14.6. The first-order valence-electron chi connectivity index (χ1n) is 6.48. The summed E-state index contributed by atoms with van der Waals surface area (Å²) in [6.07, 6.45) is 0.662. The summed E-state index contributed by atoms with van der Waals surface area (Å²) in [5.74, 6) is -0.305. The molecule has 19 heavy (non-hydrogen) atoms. The van der Waals surface area contributed by atoms with Crippen LogP contribution in [0.5, 0.6) is 0 Å². The second kappa shape index (κ2) is 6.23. The summed E-state index contributed by atoms with van der Waals surface area (Å²) < 4.78 is 9.62. The van der Waals surface area contributed by atoms with Crippen molar-refractivity contribution in [2.45, 2.75) is 57.8 Å². The van der Waals surface area contributed by atoms with Gasteiger partial charge in [0.05, 0.1) is 13.2 Å². The average molecular weight is 273 g/mol. The summed E-state index contributed by atoms with van der Waals surface area (Å²) in [7, 11) is 1.20. The van der Waals surface area contributed by atoms with Gasteiger partial charge in [0, 0.05) is 0 Å². The van der Waals surface area contributed by atoms with Gasteiger partial charge in [-0.25, -0.2) is 9.59 Å². The Morgan fingerprint density at radius 1 is 1.37 bits per heavy atom. The Morgan fingerprint density at radius 3 is 2.37 bits per heavy atom. The Hall–Kier alpha value is -1.30. The largest absolute Gasteiger partial charge is 0.467 e. The Balaban J connectivity index is 2.58. The van der Waals surface area contributed by atoms with Crippen LogP contribution in [0.1, 0.15) is 40.0 Å². The highest BCUT2D eigenvalue weighted by Crippen LogP contribution is 2.34. The Bertz CT molecular complexity index is 332. The highest BCUT2D eigenvalue weighted by atomic mass is 16.6. The zero-order valence-electron chi connectivity index (χ0n) is 11.9. The predicted octanol–water partition coefficient (Wildman–Crippen LogP) is 1.21. The van der Waals surface area contributed by atoms with Crippen molar-refractivity contribution in [1.29, 1.82) is 0 Å². The van der Waals surface area contributed by atoms with Crippen molar-refractivity contribution < 1.29 is 24.2 Å². The van der Waals surface area contributed by atoms with Gasteiger partial charge in [-0.3, -0.25) is 0 Å². The van der Waals surface area contributed by atoms with Crippen LogP contribution in [0.3, 0.4) is 0 Å². The summed E-state index contributed by atoms with van der Waals surface area (Å²) in [5, 5.41) is 12.4. The molecule has 0 spiro atoms. The third-order valence-electron chi connectivity index (χ3n) is 2.81. The fraction of sp³-hybridized carbons (Fsp3) is 0.846. The minimum atomic E-state index is -1.36. The Kier molecular flexibility index (Phi) is 5.17. The number of carbonyl (C=O) groups excluding carboxylic acids is 2. The second-order valence-corrected chi connectivity index (χ2v) is 5.90. The molecule has 0 aromatic rings. The lowest BCUT2D eigenvalue weighted by Crippen LogP contribution is -2.49. The van der Waals surface area contributed by atoms with E-state index in [4.69, 9.17) is 4.74 Å². The van der Waals surface area contributed by atoms with Crippen LogP contribution in [0.4, 0.5) is 4.79 Å². The third kappa shape index (κ3) is 5.92. The van der Waals surface area contributed by atoms with E-state index < -0.39 is 29.8 Å². The number of aliphatic hydroxyl groups is 1. The summed E-state index contributed by atoms with van der Waals surface area (Å²) >= 11 is 0. The van der Waals surface area contributed by atoms with Crippen LogP contribution >= 0.6 is 0 Å². The average Bonchev–Trinajstić information content (AvgIpc) is 3.07. The first-order valence-corrected chi connectivity index (χ1v) is 6.48. The van der Waals surface area contributed by atoms with Gasteiger partial charge >= 0.3 is 12.1 Å².